The van der Waals surface area contributed by atoms with E-state index in [9.17, 15) is 23.1 Å². The van der Waals surface area contributed by atoms with E-state index in [-0.39, 0.29) is 37.6 Å². The van der Waals surface area contributed by atoms with Crippen molar-refractivity contribution in [2.24, 2.45) is 0 Å². The zero-order valence-corrected chi connectivity index (χ0v) is 18.0. The van der Waals surface area contributed by atoms with Gasteiger partial charge in [-0.15, -0.1) is 0 Å². The number of nitrogens with one attached hydrogen (secondary N) is 1. The maximum Gasteiger partial charge on any atom is 0.407 e. The quantitative estimate of drug-likeness (QED) is 0.702. The smallest absolute Gasteiger partial charge is 0.407 e. The molecule has 2 rings (SSSR count). The Balaban J connectivity index is 1.97. The number of carboxylic acid groups (broad SMARTS) is 1. The molecule has 1 aliphatic heterocycles. The number of hydrogen-bond donors (Lipinski definition) is 2. The number of rotatable bonds is 6. The normalized spacial score (nSPS) is 17.5. The molecule has 1 saturated heterocycles. The summed E-state index contributed by atoms with van der Waals surface area (Å²) in [6.07, 6.45) is -0.690. The van der Waals surface area contributed by atoms with Crippen LogP contribution in [0.4, 0.5) is 4.79 Å². The van der Waals surface area contributed by atoms with Gasteiger partial charge in [0.2, 0.25) is 10.0 Å². The van der Waals surface area contributed by atoms with Crippen molar-refractivity contribution in [2.75, 3.05) is 32.7 Å². The lowest BCUT2D eigenvalue weighted by molar-refractivity contribution is -0.143. The first kappa shape index (κ1) is 23.1. The number of carbonyl (C=O) groups is 2. The van der Waals surface area contributed by atoms with E-state index < -0.39 is 33.7 Å². The Bertz CT molecular complexity index is 824. The number of hydrogen-bond acceptors (Lipinski definition) is 6. The predicted octanol–water partition coefficient (Wildman–Crippen LogP) is 1.28. The van der Waals surface area contributed by atoms with Gasteiger partial charge in [0.1, 0.15) is 11.6 Å². The summed E-state index contributed by atoms with van der Waals surface area (Å²) in [6, 6.07) is 5.66. The summed E-state index contributed by atoms with van der Waals surface area (Å²) in [5, 5.41) is 12.0. The molecule has 2 N–H and O–H groups in total. The second-order valence-electron chi connectivity index (χ2n) is 7.99. The van der Waals surface area contributed by atoms with Crippen LogP contribution in [0.25, 0.3) is 0 Å². The summed E-state index contributed by atoms with van der Waals surface area (Å²) in [5.41, 5.74) is 0.286. The molecule has 0 spiro atoms. The number of aliphatic carboxylic acids is 1. The van der Waals surface area contributed by atoms with Gasteiger partial charge in [-0.2, -0.15) is 4.31 Å². The molecule has 29 heavy (non-hydrogen) atoms. The Morgan fingerprint density at radius 1 is 1.14 bits per heavy atom. The highest BCUT2D eigenvalue weighted by Crippen LogP contribution is 2.19. The minimum absolute atomic E-state index is 0.130. The summed E-state index contributed by atoms with van der Waals surface area (Å²) in [7, 11) is -3.62. The molecule has 0 radical (unpaired) electrons. The van der Waals surface area contributed by atoms with Gasteiger partial charge >= 0.3 is 12.1 Å². The molecular formula is C19H29N3O6S. The van der Waals surface area contributed by atoms with Gasteiger partial charge in [0.15, 0.2) is 0 Å². The first-order valence-electron chi connectivity index (χ1n) is 9.41. The third kappa shape index (κ3) is 6.41. The van der Waals surface area contributed by atoms with Gasteiger partial charge in [-0.25, -0.2) is 13.2 Å². The minimum atomic E-state index is -3.62. The monoisotopic (exact) mass is 427 g/mol. The third-order valence-corrected chi connectivity index (χ3v) is 6.41. The van der Waals surface area contributed by atoms with E-state index in [2.05, 4.69) is 5.32 Å². The maximum absolute atomic E-state index is 12.8. The number of aryl methyl sites for hydroxylation is 1. The molecule has 10 heteroatoms. The van der Waals surface area contributed by atoms with Gasteiger partial charge in [-0.1, -0.05) is 17.7 Å². The molecule has 0 saturated carbocycles. The fourth-order valence-corrected chi connectivity index (χ4v) is 4.40. The van der Waals surface area contributed by atoms with Gasteiger partial charge in [0.25, 0.3) is 0 Å². The van der Waals surface area contributed by atoms with Crippen molar-refractivity contribution < 1.29 is 27.9 Å². The molecule has 1 aliphatic rings. The van der Waals surface area contributed by atoms with E-state index in [4.69, 9.17) is 4.74 Å². The lowest BCUT2D eigenvalue weighted by Gasteiger charge is -2.37. The van der Waals surface area contributed by atoms with Crippen molar-refractivity contribution >= 4 is 22.1 Å². The Morgan fingerprint density at radius 2 is 1.69 bits per heavy atom. The topological polar surface area (TPSA) is 116 Å². The number of amides is 1. The summed E-state index contributed by atoms with van der Waals surface area (Å²) in [4.78, 5) is 25.3. The number of nitrogens with zero attached hydrogens (tertiary/aromatic N) is 2. The van der Waals surface area contributed by atoms with Gasteiger partial charge in [0, 0.05) is 32.7 Å². The molecule has 0 aliphatic carbocycles. The summed E-state index contributed by atoms with van der Waals surface area (Å²) >= 11 is 0. The van der Waals surface area contributed by atoms with E-state index in [0.717, 1.165) is 5.56 Å². The first-order chi connectivity index (χ1) is 13.4. The van der Waals surface area contributed by atoms with Crippen molar-refractivity contribution in [3.8, 4) is 0 Å². The van der Waals surface area contributed by atoms with Crippen molar-refractivity contribution in [3.05, 3.63) is 29.8 Å². The van der Waals surface area contributed by atoms with Crippen LogP contribution in [0.5, 0.6) is 0 Å². The second-order valence-corrected chi connectivity index (χ2v) is 9.93. The average Bonchev–Trinajstić information content (AvgIpc) is 2.61. The highest BCUT2D eigenvalue weighted by Gasteiger charge is 2.34. The van der Waals surface area contributed by atoms with Crippen molar-refractivity contribution in [1.82, 2.24) is 14.5 Å². The van der Waals surface area contributed by atoms with Crippen LogP contribution >= 0.6 is 0 Å². The van der Waals surface area contributed by atoms with Gasteiger partial charge in [-0.3, -0.25) is 9.69 Å². The van der Waals surface area contributed by atoms with Crippen LogP contribution in [0.3, 0.4) is 0 Å². The Hall–Kier alpha value is -2.17. The SMILES string of the molecule is Cc1ccc(S(=O)(=O)N2CCN([C@@H](CNC(=O)OC(C)(C)C)C(=O)O)CC2)cc1. The number of carbonyl (C=O) groups excluding carboxylic acids is 1. The van der Waals surface area contributed by atoms with Crippen LogP contribution in [0, 0.1) is 6.92 Å². The number of ether oxygens (including phenoxy) is 1. The number of alkyl carbamates (subject to hydrolysis) is 1. The number of sulfonamides is 1. The highest BCUT2D eigenvalue weighted by molar-refractivity contribution is 7.89. The van der Waals surface area contributed by atoms with Crippen LogP contribution in [0.15, 0.2) is 29.2 Å². The van der Waals surface area contributed by atoms with E-state index in [1.54, 1.807) is 49.9 Å². The van der Waals surface area contributed by atoms with E-state index in [0.29, 0.717) is 0 Å². The summed E-state index contributed by atoms with van der Waals surface area (Å²) in [6.45, 7) is 7.75. The highest BCUT2D eigenvalue weighted by atomic mass is 32.2. The van der Waals surface area contributed by atoms with Crippen molar-refractivity contribution in [1.29, 1.82) is 0 Å². The third-order valence-electron chi connectivity index (χ3n) is 4.50. The van der Waals surface area contributed by atoms with E-state index >= 15 is 0 Å². The lowest BCUT2D eigenvalue weighted by atomic mass is 10.2. The number of piperazine rings is 1. The molecule has 0 aromatic heterocycles. The Kier molecular flexibility index (Phi) is 7.25. The van der Waals surface area contributed by atoms with Crippen LogP contribution in [-0.2, 0) is 19.6 Å². The molecule has 1 fully saturated rings. The molecule has 1 atom stereocenters. The molecule has 1 heterocycles. The van der Waals surface area contributed by atoms with Gasteiger partial charge in [-0.05, 0) is 39.8 Å². The molecule has 162 valence electrons. The van der Waals surface area contributed by atoms with Crippen LogP contribution in [0.2, 0.25) is 0 Å². The van der Waals surface area contributed by atoms with Crippen molar-refractivity contribution in [3.63, 3.8) is 0 Å². The standard InChI is InChI=1S/C19H29N3O6S/c1-14-5-7-15(8-6-14)29(26,27)22-11-9-21(10-12-22)16(17(23)24)13-20-18(25)28-19(2,3)4/h5-8,16H,9-13H2,1-4H3,(H,20,25)(H,23,24)/t16-/m0/s1. The molecule has 1 aromatic rings. The molecule has 0 bridgehead atoms. The zero-order valence-electron chi connectivity index (χ0n) is 17.2. The van der Waals surface area contributed by atoms with Crippen molar-refractivity contribution in [2.45, 2.75) is 44.2 Å². The molecule has 0 unspecified atom stereocenters. The van der Waals surface area contributed by atoms with Crippen LogP contribution < -0.4 is 5.32 Å². The molecule has 1 amide bonds. The maximum atomic E-state index is 12.8. The second kappa shape index (κ2) is 9.10. The Morgan fingerprint density at radius 3 is 2.17 bits per heavy atom. The molecule has 1 aromatic carbocycles. The molecule has 9 nitrogen and oxygen atoms in total. The van der Waals surface area contributed by atoms with E-state index in [1.807, 2.05) is 6.92 Å². The summed E-state index contributed by atoms with van der Waals surface area (Å²) in [5.74, 6) is -1.09. The largest absolute Gasteiger partial charge is 0.480 e. The van der Waals surface area contributed by atoms with Crippen LogP contribution in [-0.4, -0.2) is 79.2 Å². The lowest BCUT2D eigenvalue weighted by Crippen LogP contribution is -2.57. The fourth-order valence-electron chi connectivity index (χ4n) is 2.98. The first-order valence-corrected chi connectivity index (χ1v) is 10.8. The fraction of sp³-hybridized carbons (Fsp3) is 0.579. The van der Waals surface area contributed by atoms with Gasteiger partial charge < -0.3 is 15.2 Å². The number of benzene rings is 1. The minimum Gasteiger partial charge on any atom is -0.480 e. The zero-order chi connectivity index (χ0) is 21.8. The van der Waals surface area contributed by atoms with Gasteiger partial charge in [0.05, 0.1) is 4.90 Å². The Labute approximate surface area is 171 Å². The average molecular weight is 428 g/mol. The summed E-state index contributed by atoms with van der Waals surface area (Å²) < 4.78 is 32.0. The molecular weight excluding hydrogens is 398 g/mol. The number of carboxylic acids is 1. The predicted molar refractivity (Wildman–Crippen MR) is 107 cm³/mol. The van der Waals surface area contributed by atoms with E-state index in [1.165, 1.54) is 4.31 Å². The van der Waals surface area contributed by atoms with Crippen LogP contribution in [0.1, 0.15) is 26.3 Å².